The van der Waals surface area contributed by atoms with Crippen molar-refractivity contribution in [1.82, 2.24) is 24.6 Å². The Labute approximate surface area is 130 Å². The molecule has 3 heterocycles. The smallest absolute Gasteiger partial charge is 0.260 e. The van der Waals surface area contributed by atoms with Crippen molar-refractivity contribution in [2.45, 2.75) is 38.1 Å². The predicted molar refractivity (Wildman–Crippen MR) is 78.0 cm³/mol. The molecule has 0 bridgehead atoms. The van der Waals surface area contributed by atoms with Crippen LogP contribution in [-0.4, -0.2) is 42.8 Å². The third-order valence-corrected chi connectivity index (χ3v) is 4.75. The number of carbonyl (C=O) groups excluding carboxylic acids is 1. The summed E-state index contributed by atoms with van der Waals surface area (Å²) in [5.41, 5.74) is -1.61. The van der Waals surface area contributed by atoms with Gasteiger partial charge in [0.25, 0.3) is 5.91 Å². The zero-order chi connectivity index (χ0) is 15.2. The molecular formula is C13H15FN6OS. The summed E-state index contributed by atoms with van der Waals surface area (Å²) in [5, 5.41) is 14.2. The van der Waals surface area contributed by atoms with E-state index in [2.05, 4.69) is 20.5 Å². The number of nitrogens with one attached hydrogen (secondary N) is 1. The molecule has 1 aliphatic carbocycles. The van der Waals surface area contributed by atoms with Crippen LogP contribution in [0.2, 0.25) is 0 Å². The van der Waals surface area contributed by atoms with Gasteiger partial charge in [-0.1, -0.05) is 0 Å². The summed E-state index contributed by atoms with van der Waals surface area (Å²) in [7, 11) is 0. The van der Waals surface area contributed by atoms with Gasteiger partial charge in [0.15, 0.2) is 22.4 Å². The molecule has 116 valence electrons. The van der Waals surface area contributed by atoms with Crippen LogP contribution in [0.5, 0.6) is 0 Å². The molecule has 4 rings (SSSR count). The molecule has 0 atom stereocenters. The van der Waals surface area contributed by atoms with Gasteiger partial charge in [-0.25, -0.2) is 9.37 Å². The third-order valence-electron chi connectivity index (χ3n) is 4.02. The van der Waals surface area contributed by atoms with Crippen molar-refractivity contribution in [3.63, 3.8) is 0 Å². The minimum Gasteiger partial charge on any atom is -0.354 e. The van der Waals surface area contributed by atoms with E-state index in [-0.39, 0.29) is 0 Å². The van der Waals surface area contributed by atoms with Crippen LogP contribution >= 0.6 is 11.3 Å². The number of carbonyl (C=O) groups is 1. The SMILES string of the molecule is O=C(N1CCn2c(CNc3nccs3)nnc2C1)C1(F)CC1. The Bertz CT molecular complexity index is 695. The average Bonchev–Trinajstić information content (AvgIpc) is 2.95. The fraction of sp³-hybridized carbons (Fsp3) is 0.538. The van der Waals surface area contributed by atoms with E-state index in [1.807, 2.05) is 9.95 Å². The van der Waals surface area contributed by atoms with Crippen molar-refractivity contribution in [2.24, 2.45) is 0 Å². The van der Waals surface area contributed by atoms with Crippen LogP contribution in [0.4, 0.5) is 9.52 Å². The number of fused-ring (bicyclic) bond motifs is 1. The van der Waals surface area contributed by atoms with Crippen LogP contribution in [0.3, 0.4) is 0 Å². The maximum atomic E-state index is 13.9. The molecule has 0 saturated heterocycles. The summed E-state index contributed by atoms with van der Waals surface area (Å²) >= 11 is 1.52. The molecule has 1 aliphatic heterocycles. The highest BCUT2D eigenvalue weighted by molar-refractivity contribution is 7.13. The monoisotopic (exact) mass is 322 g/mol. The first-order valence-electron chi connectivity index (χ1n) is 7.18. The van der Waals surface area contributed by atoms with E-state index in [0.29, 0.717) is 44.8 Å². The summed E-state index contributed by atoms with van der Waals surface area (Å²) in [5.74, 6) is 1.11. The van der Waals surface area contributed by atoms with Gasteiger partial charge in [0, 0.05) is 24.7 Å². The van der Waals surface area contributed by atoms with E-state index in [1.54, 1.807) is 11.1 Å². The first-order valence-corrected chi connectivity index (χ1v) is 8.06. The standard InChI is InChI=1S/C13H15FN6OS/c14-13(1-2-13)11(21)19-4-5-20-9(17-18-10(20)8-19)7-16-12-15-3-6-22-12/h3,6H,1-2,4-5,7-8H2,(H,15,16). The zero-order valence-corrected chi connectivity index (χ0v) is 12.6. The Hall–Kier alpha value is -2.03. The maximum Gasteiger partial charge on any atom is 0.260 e. The second-order valence-corrected chi connectivity index (χ2v) is 6.46. The van der Waals surface area contributed by atoms with Crippen molar-refractivity contribution < 1.29 is 9.18 Å². The summed E-state index contributed by atoms with van der Waals surface area (Å²) in [6.07, 6.45) is 2.43. The van der Waals surface area contributed by atoms with E-state index in [1.165, 1.54) is 11.3 Å². The molecule has 1 saturated carbocycles. The van der Waals surface area contributed by atoms with Crippen molar-refractivity contribution in [2.75, 3.05) is 11.9 Å². The predicted octanol–water partition coefficient (Wildman–Crippen LogP) is 1.19. The van der Waals surface area contributed by atoms with Crippen molar-refractivity contribution >= 4 is 22.4 Å². The van der Waals surface area contributed by atoms with Crippen molar-refractivity contribution in [3.8, 4) is 0 Å². The number of nitrogens with zero attached hydrogens (tertiary/aromatic N) is 5. The molecular weight excluding hydrogens is 307 g/mol. The van der Waals surface area contributed by atoms with Gasteiger partial charge in [0.05, 0.1) is 13.1 Å². The molecule has 0 spiro atoms. The van der Waals surface area contributed by atoms with Gasteiger partial charge in [0.2, 0.25) is 0 Å². The highest BCUT2D eigenvalue weighted by Gasteiger charge is 2.53. The van der Waals surface area contributed by atoms with Crippen LogP contribution in [0.15, 0.2) is 11.6 Å². The molecule has 0 aromatic carbocycles. The van der Waals surface area contributed by atoms with Crippen LogP contribution in [0, 0.1) is 0 Å². The topological polar surface area (TPSA) is 75.9 Å². The quantitative estimate of drug-likeness (QED) is 0.915. The highest BCUT2D eigenvalue weighted by atomic mass is 32.1. The average molecular weight is 322 g/mol. The maximum absolute atomic E-state index is 13.9. The lowest BCUT2D eigenvalue weighted by atomic mass is 10.2. The van der Waals surface area contributed by atoms with Crippen molar-refractivity contribution in [1.29, 1.82) is 0 Å². The van der Waals surface area contributed by atoms with E-state index in [4.69, 9.17) is 0 Å². The second-order valence-electron chi connectivity index (χ2n) is 5.57. The minimum absolute atomic E-state index is 0.328. The molecule has 2 aliphatic rings. The van der Waals surface area contributed by atoms with Crippen LogP contribution < -0.4 is 5.32 Å². The molecule has 0 radical (unpaired) electrons. The Morgan fingerprint density at radius 2 is 2.27 bits per heavy atom. The van der Waals surface area contributed by atoms with Crippen LogP contribution in [0.25, 0.3) is 0 Å². The van der Waals surface area contributed by atoms with Gasteiger partial charge >= 0.3 is 0 Å². The molecule has 2 aromatic heterocycles. The first-order chi connectivity index (χ1) is 10.7. The molecule has 22 heavy (non-hydrogen) atoms. The Kier molecular flexibility index (Phi) is 3.10. The number of aromatic nitrogens is 4. The number of amides is 1. The highest BCUT2D eigenvalue weighted by Crippen LogP contribution is 2.41. The number of rotatable bonds is 4. The molecule has 7 nitrogen and oxygen atoms in total. The summed E-state index contributed by atoms with van der Waals surface area (Å²) in [4.78, 5) is 17.8. The Balaban J connectivity index is 1.44. The summed E-state index contributed by atoms with van der Waals surface area (Å²) < 4.78 is 15.9. The minimum atomic E-state index is -1.61. The summed E-state index contributed by atoms with van der Waals surface area (Å²) in [6, 6.07) is 0. The number of halogens is 1. The van der Waals surface area contributed by atoms with E-state index in [0.717, 1.165) is 11.0 Å². The number of anilines is 1. The molecule has 1 N–H and O–H groups in total. The van der Waals surface area contributed by atoms with E-state index >= 15 is 0 Å². The number of thiazole rings is 1. The lowest BCUT2D eigenvalue weighted by molar-refractivity contribution is -0.139. The van der Waals surface area contributed by atoms with Crippen LogP contribution in [0.1, 0.15) is 24.5 Å². The lowest BCUT2D eigenvalue weighted by Crippen LogP contribution is -2.43. The van der Waals surface area contributed by atoms with Gasteiger partial charge in [0.1, 0.15) is 0 Å². The molecule has 9 heteroatoms. The first kappa shape index (κ1) is 13.6. The van der Waals surface area contributed by atoms with E-state index < -0.39 is 11.6 Å². The number of alkyl halides is 1. The summed E-state index contributed by atoms with van der Waals surface area (Å²) in [6.45, 7) is 1.95. The Morgan fingerprint density at radius 3 is 3.00 bits per heavy atom. The number of hydrogen-bond donors (Lipinski definition) is 1. The van der Waals surface area contributed by atoms with Crippen LogP contribution in [-0.2, 0) is 24.4 Å². The normalized spacial score (nSPS) is 18.9. The van der Waals surface area contributed by atoms with Gasteiger partial charge in [-0.2, -0.15) is 0 Å². The van der Waals surface area contributed by atoms with Gasteiger partial charge < -0.3 is 14.8 Å². The lowest BCUT2D eigenvalue weighted by Gasteiger charge is -2.29. The van der Waals surface area contributed by atoms with E-state index in [9.17, 15) is 9.18 Å². The molecule has 1 amide bonds. The number of hydrogen-bond acceptors (Lipinski definition) is 6. The zero-order valence-electron chi connectivity index (χ0n) is 11.8. The molecule has 1 fully saturated rings. The van der Waals surface area contributed by atoms with Gasteiger partial charge in [-0.15, -0.1) is 21.5 Å². The second kappa shape index (κ2) is 5.01. The largest absolute Gasteiger partial charge is 0.354 e. The molecule has 2 aromatic rings. The fourth-order valence-corrected chi connectivity index (χ4v) is 3.12. The molecule has 0 unspecified atom stereocenters. The van der Waals surface area contributed by atoms with Gasteiger partial charge in [-0.3, -0.25) is 4.79 Å². The van der Waals surface area contributed by atoms with Crippen molar-refractivity contribution in [3.05, 3.63) is 23.2 Å². The van der Waals surface area contributed by atoms with Gasteiger partial charge in [-0.05, 0) is 12.8 Å². The third kappa shape index (κ3) is 2.35. The Morgan fingerprint density at radius 1 is 1.41 bits per heavy atom. The fourth-order valence-electron chi connectivity index (χ4n) is 2.59.